The molecule has 0 aromatic carbocycles. The topological polar surface area (TPSA) is 264 Å². The second-order valence-corrected chi connectivity index (χ2v) is 11.0. The van der Waals surface area contributed by atoms with Crippen LogP contribution in [0.15, 0.2) is 0 Å². The Kier molecular flexibility index (Phi) is 173. The van der Waals surface area contributed by atoms with Gasteiger partial charge >= 0.3 is 0 Å². The Hall–Kier alpha value is -0.560. The summed E-state index contributed by atoms with van der Waals surface area (Å²) in [6.07, 6.45) is 4.10. The Bertz CT molecular complexity index is 492. The summed E-state index contributed by atoms with van der Waals surface area (Å²) in [7, 11) is 0. The zero-order valence-corrected chi connectivity index (χ0v) is 29.5. The highest BCUT2D eigenvalue weighted by Crippen LogP contribution is 1.98. The van der Waals surface area contributed by atoms with Crippen LogP contribution >= 0.6 is 0 Å². The van der Waals surface area contributed by atoms with Crippen molar-refractivity contribution in [2.75, 3.05) is 52.8 Å². The van der Waals surface area contributed by atoms with Crippen molar-refractivity contribution in [1.82, 2.24) is 0 Å². The average Bonchev–Trinajstić information content (AvgIpc) is 2.92. The summed E-state index contributed by atoms with van der Waals surface area (Å²) in [6.45, 7) is 23.9. The molecule has 0 saturated heterocycles. The molecular weight excluding hydrogens is 701 g/mol. The highest BCUT2D eigenvalue weighted by atomic mass is 16.6. The molecule has 0 fully saturated rings. The fourth-order valence-corrected chi connectivity index (χ4v) is 1.95. The van der Waals surface area contributed by atoms with Crippen LogP contribution in [-0.2, 0) is 28.5 Å². The molecule has 0 spiro atoms. The third kappa shape index (κ3) is 163. The Morgan fingerprint density at radius 3 is 1.07 bits per heavy atom. The third-order valence-corrected chi connectivity index (χ3v) is 4.21. The van der Waals surface area contributed by atoms with Crippen LogP contribution in [-0.4, -0.2) is 95.2 Å². The lowest BCUT2D eigenvalue weighted by atomic mass is 10.3. The van der Waals surface area contributed by atoms with E-state index in [1.54, 1.807) is 20.8 Å². The first-order valence-electron chi connectivity index (χ1n) is 15.6. The lowest BCUT2D eigenvalue weighted by molar-refractivity contribution is -0.0264. The van der Waals surface area contributed by atoms with Gasteiger partial charge in [-0.3, -0.25) is 4.84 Å². The van der Waals surface area contributed by atoms with E-state index in [1.807, 2.05) is 34.6 Å². The van der Waals surface area contributed by atoms with E-state index in [4.69, 9.17) is 69.7 Å². The van der Waals surface area contributed by atoms with Crippen LogP contribution in [0.4, 0.5) is 0 Å². The van der Waals surface area contributed by atoms with Crippen molar-refractivity contribution in [3.8, 4) is 0 Å². The molecule has 0 aromatic heterocycles. The van der Waals surface area contributed by atoms with Gasteiger partial charge in [0.2, 0.25) is 0 Å². The van der Waals surface area contributed by atoms with Crippen LogP contribution in [0.3, 0.4) is 0 Å². The first kappa shape index (κ1) is 111. The minimum absolute atomic E-state index is 0. The van der Waals surface area contributed by atoms with Crippen molar-refractivity contribution < 1.29 is 28.5 Å². The number of rotatable bonds is 20. The number of hydrogen-bond acceptors (Lipinski definition) is 14. The third-order valence-electron chi connectivity index (χ3n) is 4.21. The Morgan fingerprint density at radius 2 is 0.873 bits per heavy atom. The second kappa shape index (κ2) is 85.6. The Morgan fingerprint density at radius 1 is 0.509 bits per heavy atom. The minimum atomic E-state index is -0.548. The molecule has 6 unspecified atom stereocenters. The minimum Gasteiger partial charge on any atom is -0.377 e. The molecule has 0 amide bonds. The van der Waals surface area contributed by atoms with Crippen molar-refractivity contribution in [3.05, 3.63) is 0 Å². The molecule has 0 aliphatic rings. The number of nitrogens with two attached hydrogens (primary N) is 8. The molecule has 0 aliphatic carbocycles. The van der Waals surface area contributed by atoms with Gasteiger partial charge in [0.05, 0.1) is 52.4 Å². The van der Waals surface area contributed by atoms with Crippen LogP contribution in [0.5, 0.6) is 0 Å². The van der Waals surface area contributed by atoms with Gasteiger partial charge in [-0.15, -0.1) is 0 Å². The van der Waals surface area contributed by atoms with Crippen molar-refractivity contribution in [2.45, 2.75) is 226 Å². The maximum absolute atomic E-state index is 5.57. The molecule has 0 aromatic rings. The monoisotopic (exact) mass is 825 g/mol. The maximum Gasteiger partial charge on any atom is 0.126 e. The predicted octanol–water partition coefficient (Wildman–Crippen LogP) is 8.83. The fourth-order valence-electron chi connectivity index (χ4n) is 1.95. The lowest BCUT2D eigenvalue weighted by Crippen LogP contribution is -2.39. The molecule has 14 heteroatoms. The molecule has 0 aliphatic heterocycles. The Labute approximate surface area is 353 Å². The van der Waals surface area contributed by atoms with E-state index in [2.05, 4.69) is 18.7 Å². The van der Waals surface area contributed by atoms with E-state index in [9.17, 15) is 0 Å². The molecule has 6 atom stereocenters. The zero-order chi connectivity index (χ0) is 34.7. The smallest absolute Gasteiger partial charge is 0.126 e. The van der Waals surface area contributed by atoms with Crippen LogP contribution in [0.25, 0.3) is 0 Å². The second-order valence-electron chi connectivity index (χ2n) is 11.0. The number of hydrogen-bond donors (Lipinski definition) is 8. The first-order valence-corrected chi connectivity index (χ1v) is 15.6. The molecule has 0 radical (unpaired) electrons. The van der Waals surface area contributed by atoms with E-state index < -0.39 is 5.72 Å². The Balaban J connectivity index is -0.0000000220. The largest absolute Gasteiger partial charge is 0.377 e. The number of ether oxygens (including phenoxy) is 5. The molecule has 55 heavy (non-hydrogen) atoms. The van der Waals surface area contributed by atoms with E-state index in [0.717, 1.165) is 12.8 Å². The van der Waals surface area contributed by atoms with Crippen molar-refractivity contribution in [3.63, 3.8) is 0 Å². The molecule has 0 heterocycles. The molecular formula is C41H124N8O6. The van der Waals surface area contributed by atoms with Gasteiger partial charge in [0.15, 0.2) is 0 Å². The van der Waals surface area contributed by atoms with Crippen LogP contribution < -0.4 is 46.0 Å². The quantitative estimate of drug-likeness (QED) is 0.0324. The highest BCUT2D eigenvalue weighted by Gasteiger charge is 2.10. The van der Waals surface area contributed by atoms with E-state index in [-0.39, 0.29) is 126 Å². The standard InChI is InChI=1S/C11H26N2O3.C6H16N2O.2C4H12N2O.C4H10.12CH4/c1-9(12)6-14-4-5-15-8-11(3)16-7-10(2)13;1-5(7)4-9-6(2,3)8;1-4(6)7-3-2-5;1-2-3-4(5)7-6;1-3-4-2;;;;;;;;;;;;/h9-11H,4-8,12-13H2,1-3H3;5H,4,7-8H2,1-3H3;2*4H,2-3,5-6H2,1H3;3-4H2,1-2H3;12*1H4. The summed E-state index contributed by atoms with van der Waals surface area (Å²) in [5, 5.41) is 0. The summed E-state index contributed by atoms with van der Waals surface area (Å²) in [6, 6.07) is 0.206. The normalized spacial score (nSPS) is 11.7. The van der Waals surface area contributed by atoms with E-state index in [1.165, 1.54) is 12.8 Å². The summed E-state index contributed by atoms with van der Waals surface area (Å²) in [4.78, 5) is 4.27. The molecule has 364 valence electrons. The van der Waals surface area contributed by atoms with E-state index in [0.29, 0.717) is 52.8 Å². The fraction of sp³-hybridized carbons (Fsp3) is 1.00. The van der Waals surface area contributed by atoms with Crippen molar-refractivity contribution in [2.24, 2.45) is 46.0 Å². The highest BCUT2D eigenvalue weighted by molar-refractivity contribution is 4.59. The molecule has 0 bridgehead atoms. The van der Waals surface area contributed by atoms with Gasteiger partial charge in [-0.25, -0.2) is 5.90 Å². The summed E-state index contributed by atoms with van der Waals surface area (Å²) in [5.74, 6) is 4.73. The summed E-state index contributed by atoms with van der Waals surface area (Å²) >= 11 is 0. The molecule has 0 rings (SSSR count). The number of unbranched alkanes of at least 4 members (excludes halogenated alkanes) is 1. The van der Waals surface area contributed by atoms with Gasteiger partial charge in [-0.1, -0.05) is 129 Å². The van der Waals surface area contributed by atoms with Gasteiger partial charge in [-0.2, -0.15) is 0 Å². The average molecular weight is 825 g/mol. The van der Waals surface area contributed by atoms with Crippen molar-refractivity contribution >= 4 is 0 Å². The molecule has 0 saturated carbocycles. The van der Waals surface area contributed by atoms with Gasteiger partial charge in [0, 0.05) is 24.7 Å². The van der Waals surface area contributed by atoms with Crippen LogP contribution in [0, 0.1) is 0 Å². The van der Waals surface area contributed by atoms with Crippen LogP contribution in [0.1, 0.15) is 184 Å². The van der Waals surface area contributed by atoms with Crippen LogP contribution in [0.2, 0.25) is 0 Å². The zero-order valence-electron chi connectivity index (χ0n) is 29.5. The van der Waals surface area contributed by atoms with Crippen molar-refractivity contribution in [1.29, 1.82) is 0 Å². The molecule has 16 N–H and O–H groups in total. The summed E-state index contributed by atoms with van der Waals surface area (Å²) in [5.41, 5.74) is 37.0. The predicted molar refractivity (Wildman–Crippen MR) is 260 cm³/mol. The van der Waals surface area contributed by atoms with Gasteiger partial charge in [0.25, 0.3) is 0 Å². The summed E-state index contributed by atoms with van der Waals surface area (Å²) < 4.78 is 26.1. The van der Waals surface area contributed by atoms with Gasteiger partial charge in [-0.05, 0) is 54.9 Å². The van der Waals surface area contributed by atoms with Gasteiger partial charge in [0.1, 0.15) is 18.2 Å². The lowest BCUT2D eigenvalue weighted by Gasteiger charge is -2.20. The van der Waals surface area contributed by atoms with Gasteiger partial charge < -0.3 is 63.8 Å². The first-order chi connectivity index (χ1) is 19.9. The molecule has 14 nitrogen and oxygen atoms in total. The maximum atomic E-state index is 5.57. The van der Waals surface area contributed by atoms with E-state index >= 15 is 0 Å². The SMILES string of the molecule is C.C.C.C.C.C.C.C.C.C.C.C.CC(N)COC(C)(C)N.CC(N)COCCOCC(C)OCC(C)N.CC(N)OCCN.CCCC.CCCC(N)ON.